The van der Waals surface area contributed by atoms with E-state index in [-0.39, 0.29) is 23.1 Å². The lowest BCUT2D eigenvalue weighted by atomic mass is 9.93. The molecule has 0 saturated carbocycles. The first-order valence-corrected chi connectivity index (χ1v) is 9.70. The van der Waals surface area contributed by atoms with Crippen LogP contribution in [0.25, 0.3) is 0 Å². The van der Waals surface area contributed by atoms with E-state index in [0.29, 0.717) is 24.0 Å². The minimum Gasteiger partial charge on any atom is -0.479 e. The van der Waals surface area contributed by atoms with Crippen molar-refractivity contribution in [2.45, 2.75) is 25.7 Å². The average molecular weight is 410 g/mol. The molecular weight excluding hydrogens is 393 g/mol. The van der Waals surface area contributed by atoms with Crippen molar-refractivity contribution < 1.29 is 18.7 Å². The van der Waals surface area contributed by atoms with Crippen LogP contribution < -0.4 is 9.64 Å². The predicted octanol–water partition coefficient (Wildman–Crippen LogP) is 4.65. The van der Waals surface area contributed by atoms with E-state index in [9.17, 15) is 14.0 Å². The van der Waals surface area contributed by atoms with Crippen molar-refractivity contribution in [2.24, 2.45) is 0 Å². The molecule has 0 saturated heterocycles. The molecule has 2 amide bonds. The fraction of sp³-hybridized carbons (Fsp3) is 0.217. The summed E-state index contributed by atoms with van der Waals surface area (Å²) in [5, 5.41) is 0.0459. The Bertz CT molecular complexity index is 1050. The summed E-state index contributed by atoms with van der Waals surface area (Å²) in [5.41, 5.74) is 1.68. The van der Waals surface area contributed by atoms with Crippen molar-refractivity contribution in [1.29, 1.82) is 0 Å². The second-order valence-corrected chi connectivity index (χ2v) is 7.21. The van der Waals surface area contributed by atoms with Gasteiger partial charge in [0.05, 0.1) is 10.7 Å². The smallest absolute Gasteiger partial charge is 0.261 e. The van der Waals surface area contributed by atoms with Gasteiger partial charge in [-0.1, -0.05) is 41.6 Å². The molecule has 2 aliphatic rings. The first-order chi connectivity index (χ1) is 14.1. The molecule has 0 spiro atoms. The van der Waals surface area contributed by atoms with Crippen molar-refractivity contribution in [3.8, 4) is 17.6 Å². The van der Waals surface area contributed by atoms with E-state index in [2.05, 4.69) is 11.8 Å². The summed E-state index contributed by atoms with van der Waals surface area (Å²) in [4.78, 5) is 26.3. The second-order valence-electron chi connectivity index (χ2n) is 6.80. The van der Waals surface area contributed by atoms with Crippen LogP contribution in [0.1, 0.15) is 31.2 Å². The Balaban J connectivity index is 1.56. The molecule has 4 nitrogen and oxygen atoms in total. The molecule has 6 heteroatoms. The summed E-state index contributed by atoms with van der Waals surface area (Å²) in [6.07, 6.45) is 2.79. The zero-order chi connectivity index (χ0) is 20.4. The van der Waals surface area contributed by atoms with Crippen LogP contribution in [0.3, 0.4) is 0 Å². The minimum atomic E-state index is -0.751. The van der Waals surface area contributed by atoms with Crippen LogP contribution in [0.2, 0.25) is 5.02 Å². The van der Waals surface area contributed by atoms with E-state index < -0.39 is 17.6 Å². The van der Waals surface area contributed by atoms with Gasteiger partial charge in [-0.2, -0.15) is 0 Å². The quantitative estimate of drug-likeness (QED) is 0.547. The fourth-order valence-corrected chi connectivity index (χ4v) is 3.74. The number of imide groups is 1. The highest BCUT2D eigenvalue weighted by Crippen LogP contribution is 2.39. The zero-order valence-electron chi connectivity index (χ0n) is 15.5. The largest absolute Gasteiger partial charge is 0.479 e. The van der Waals surface area contributed by atoms with Gasteiger partial charge in [0.15, 0.2) is 0 Å². The summed E-state index contributed by atoms with van der Waals surface area (Å²) in [6, 6.07) is 11.7. The summed E-state index contributed by atoms with van der Waals surface area (Å²) in [7, 11) is 0. The summed E-state index contributed by atoms with van der Waals surface area (Å²) >= 11 is 6.09. The van der Waals surface area contributed by atoms with E-state index in [4.69, 9.17) is 16.3 Å². The number of anilines is 1. The lowest BCUT2D eigenvalue weighted by molar-refractivity contribution is -0.120. The highest BCUT2D eigenvalue weighted by molar-refractivity contribution is 6.34. The topological polar surface area (TPSA) is 46.6 Å². The molecule has 0 radical (unpaired) electrons. The lowest BCUT2D eigenvalue weighted by Gasteiger charge is -2.17. The molecule has 1 aliphatic carbocycles. The monoisotopic (exact) mass is 409 g/mol. The van der Waals surface area contributed by atoms with Gasteiger partial charge in [-0.3, -0.25) is 9.59 Å². The third kappa shape index (κ3) is 3.76. The molecule has 1 aliphatic heterocycles. The highest BCUT2D eigenvalue weighted by Gasteiger charge is 2.41. The number of benzene rings is 2. The molecule has 29 heavy (non-hydrogen) atoms. The molecule has 146 valence electrons. The molecule has 0 bridgehead atoms. The van der Waals surface area contributed by atoms with Gasteiger partial charge in [0.1, 0.15) is 18.2 Å². The Morgan fingerprint density at radius 2 is 1.69 bits per heavy atom. The standard InChI is InChI=1S/C23H17ClFNO3/c24-18-13-19(25)20(26-22(27)16-10-4-5-11-17(16)23(26)28)14-21(18)29-12-6-9-15-7-2-1-3-8-15/h1-3,7-8,13-14H,4-5,10-12H2. The Morgan fingerprint density at radius 1 is 1.03 bits per heavy atom. The lowest BCUT2D eigenvalue weighted by Crippen LogP contribution is -2.32. The Morgan fingerprint density at radius 3 is 2.34 bits per heavy atom. The van der Waals surface area contributed by atoms with Crippen LogP contribution in [0.15, 0.2) is 53.6 Å². The number of hydrogen-bond acceptors (Lipinski definition) is 3. The molecule has 4 rings (SSSR count). The third-order valence-electron chi connectivity index (χ3n) is 4.94. The Kier molecular flexibility index (Phi) is 5.37. The molecule has 0 atom stereocenters. The molecule has 2 aromatic rings. The second kappa shape index (κ2) is 8.10. The van der Waals surface area contributed by atoms with Gasteiger partial charge in [0, 0.05) is 22.8 Å². The van der Waals surface area contributed by atoms with Crippen molar-refractivity contribution in [3.63, 3.8) is 0 Å². The van der Waals surface area contributed by atoms with Crippen LogP contribution in [0.4, 0.5) is 10.1 Å². The molecule has 0 fully saturated rings. The fourth-order valence-electron chi connectivity index (χ4n) is 3.53. The number of halogens is 2. The Labute approximate surface area is 172 Å². The van der Waals surface area contributed by atoms with Crippen molar-refractivity contribution >= 4 is 29.1 Å². The van der Waals surface area contributed by atoms with Gasteiger partial charge in [-0.05, 0) is 43.9 Å². The first-order valence-electron chi connectivity index (χ1n) is 9.33. The SMILES string of the molecule is O=C1C2=C(CCCC2)C(=O)N1c1cc(OCC#Cc2ccccc2)c(Cl)cc1F. The van der Waals surface area contributed by atoms with E-state index in [1.807, 2.05) is 30.3 Å². The molecule has 1 heterocycles. The zero-order valence-corrected chi connectivity index (χ0v) is 16.3. The van der Waals surface area contributed by atoms with Gasteiger partial charge < -0.3 is 4.74 Å². The van der Waals surface area contributed by atoms with Crippen LogP contribution in [0.5, 0.6) is 5.75 Å². The molecule has 0 unspecified atom stereocenters. The molecule has 0 aromatic heterocycles. The van der Waals surface area contributed by atoms with E-state index in [1.165, 1.54) is 6.07 Å². The summed E-state index contributed by atoms with van der Waals surface area (Å²) < 4.78 is 20.2. The summed E-state index contributed by atoms with van der Waals surface area (Å²) in [6.45, 7) is 0.0241. The minimum absolute atomic E-state index is 0.0241. The van der Waals surface area contributed by atoms with Crippen molar-refractivity contribution in [3.05, 3.63) is 70.0 Å². The van der Waals surface area contributed by atoms with Crippen LogP contribution in [-0.2, 0) is 9.59 Å². The number of rotatable bonds is 3. The van der Waals surface area contributed by atoms with Gasteiger partial charge in [-0.15, -0.1) is 0 Å². The van der Waals surface area contributed by atoms with E-state index in [1.54, 1.807) is 0 Å². The van der Waals surface area contributed by atoms with Crippen molar-refractivity contribution in [1.82, 2.24) is 0 Å². The van der Waals surface area contributed by atoms with Crippen LogP contribution in [0, 0.1) is 17.7 Å². The number of nitrogens with zero attached hydrogens (tertiary/aromatic N) is 1. The van der Waals surface area contributed by atoms with Gasteiger partial charge in [0.25, 0.3) is 11.8 Å². The number of amides is 2. The van der Waals surface area contributed by atoms with Gasteiger partial charge in [-0.25, -0.2) is 9.29 Å². The maximum atomic E-state index is 14.6. The Hall–Kier alpha value is -3.10. The van der Waals surface area contributed by atoms with E-state index >= 15 is 0 Å². The number of hydrogen-bond donors (Lipinski definition) is 0. The molecule has 0 N–H and O–H groups in total. The van der Waals surface area contributed by atoms with Gasteiger partial charge in [0.2, 0.25) is 0 Å². The molecular formula is C23H17ClFNO3. The first kappa shape index (κ1) is 19.2. The summed E-state index contributed by atoms with van der Waals surface area (Å²) in [5.74, 6) is 4.30. The third-order valence-corrected chi connectivity index (χ3v) is 5.23. The van der Waals surface area contributed by atoms with Crippen LogP contribution >= 0.6 is 11.6 Å². The van der Waals surface area contributed by atoms with E-state index in [0.717, 1.165) is 29.4 Å². The average Bonchev–Trinajstić information content (AvgIpc) is 2.98. The molecule has 2 aromatic carbocycles. The van der Waals surface area contributed by atoms with Crippen LogP contribution in [-0.4, -0.2) is 18.4 Å². The predicted molar refractivity (Wildman–Crippen MR) is 108 cm³/mol. The van der Waals surface area contributed by atoms with Gasteiger partial charge >= 0.3 is 0 Å². The highest BCUT2D eigenvalue weighted by atomic mass is 35.5. The number of carbonyl (C=O) groups is 2. The normalized spacial score (nSPS) is 15.9. The van der Waals surface area contributed by atoms with Crippen molar-refractivity contribution in [2.75, 3.05) is 11.5 Å². The maximum absolute atomic E-state index is 14.6. The maximum Gasteiger partial charge on any atom is 0.261 e. The number of carbonyl (C=O) groups excluding carboxylic acids is 2. The number of ether oxygens (including phenoxy) is 1.